The summed E-state index contributed by atoms with van der Waals surface area (Å²) in [7, 11) is 0. The summed E-state index contributed by atoms with van der Waals surface area (Å²) in [6.45, 7) is 12.7. The predicted molar refractivity (Wildman–Crippen MR) is 156 cm³/mol. The van der Waals surface area contributed by atoms with Crippen molar-refractivity contribution < 1.29 is 28.9 Å². The number of anilines is 1. The summed E-state index contributed by atoms with van der Waals surface area (Å²) in [5, 5.41) is 11.6. The normalized spacial score (nSPS) is 16.6. The van der Waals surface area contributed by atoms with Crippen molar-refractivity contribution in [2.45, 2.75) is 59.6 Å². The fourth-order valence-electron chi connectivity index (χ4n) is 4.90. The number of rotatable bonds is 10. The molecule has 1 N–H and O–H groups in total. The Morgan fingerprint density at radius 2 is 1.57 bits per heavy atom. The van der Waals surface area contributed by atoms with Gasteiger partial charge in [0, 0.05) is 11.3 Å². The molecule has 7 heteroatoms. The summed E-state index contributed by atoms with van der Waals surface area (Å²) in [5.74, 6) is 0.375. The van der Waals surface area contributed by atoms with Crippen molar-refractivity contribution in [2.24, 2.45) is 0 Å². The number of ketones is 1. The second kappa shape index (κ2) is 12.3. The highest BCUT2D eigenvalue weighted by Crippen LogP contribution is 2.43. The van der Waals surface area contributed by atoms with Gasteiger partial charge in [0.1, 0.15) is 23.0 Å². The molecule has 0 saturated carbocycles. The smallest absolute Gasteiger partial charge is 0.300 e. The molecule has 3 aromatic rings. The average Bonchev–Trinajstić information content (AvgIpc) is 3.19. The Morgan fingerprint density at radius 1 is 0.875 bits per heavy atom. The Bertz CT molecular complexity index is 1410. The number of Topliss-reactive ketones (excluding diaryl/α,β-unsaturated/α-hetero) is 1. The Balaban J connectivity index is 1.91. The standard InChI is InChI=1S/C33H37NO6/c1-7-38-25-15-13-24(14-16-25)34-30(22-10-9-11-26(18-22)40-21(5)6)29(32(36)33(34)37)31(35)23-12-17-28(39-8-2)27(19-23)20(3)4/h9-21,30,35H,7-8H2,1-6H3/b31-29+. The van der Waals surface area contributed by atoms with E-state index in [0.717, 1.165) is 11.3 Å². The average molecular weight is 544 g/mol. The second-order valence-corrected chi connectivity index (χ2v) is 10.2. The summed E-state index contributed by atoms with van der Waals surface area (Å²) in [6, 6.07) is 18.7. The lowest BCUT2D eigenvalue weighted by Gasteiger charge is -2.26. The Hall–Kier alpha value is -4.26. The number of aliphatic hydroxyl groups excluding tert-OH is 1. The van der Waals surface area contributed by atoms with Crippen LogP contribution >= 0.6 is 0 Å². The number of carbonyl (C=O) groups excluding carboxylic acids is 2. The van der Waals surface area contributed by atoms with Crippen molar-refractivity contribution in [2.75, 3.05) is 18.1 Å². The molecule has 0 radical (unpaired) electrons. The SMILES string of the molecule is CCOc1ccc(N2C(=O)C(=O)/C(=C(/O)c3ccc(OCC)c(C(C)C)c3)C2c2cccc(OC(C)C)c2)cc1. The number of nitrogens with zero attached hydrogens (tertiary/aromatic N) is 1. The minimum absolute atomic E-state index is 0.0134. The van der Waals surface area contributed by atoms with Crippen LogP contribution in [0.25, 0.3) is 5.76 Å². The zero-order chi connectivity index (χ0) is 29.0. The molecule has 0 bridgehead atoms. The lowest BCUT2D eigenvalue weighted by molar-refractivity contribution is -0.132. The maximum absolute atomic E-state index is 13.6. The highest BCUT2D eigenvalue weighted by molar-refractivity contribution is 6.51. The van der Waals surface area contributed by atoms with Crippen molar-refractivity contribution in [1.29, 1.82) is 0 Å². The van der Waals surface area contributed by atoms with Gasteiger partial charge in [-0.15, -0.1) is 0 Å². The molecule has 0 aromatic heterocycles. The van der Waals surface area contributed by atoms with Gasteiger partial charge in [-0.25, -0.2) is 0 Å². The van der Waals surface area contributed by atoms with Crippen LogP contribution in [0.4, 0.5) is 5.69 Å². The molecular weight excluding hydrogens is 506 g/mol. The van der Waals surface area contributed by atoms with Crippen LogP contribution in [0.2, 0.25) is 0 Å². The third-order valence-electron chi connectivity index (χ3n) is 6.62. The van der Waals surface area contributed by atoms with Crippen LogP contribution in [0.3, 0.4) is 0 Å². The minimum Gasteiger partial charge on any atom is -0.507 e. The summed E-state index contributed by atoms with van der Waals surface area (Å²) in [5.41, 5.74) is 2.51. The van der Waals surface area contributed by atoms with E-state index in [0.29, 0.717) is 41.5 Å². The van der Waals surface area contributed by atoms with Crippen molar-refractivity contribution in [1.82, 2.24) is 0 Å². The van der Waals surface area contributed by atoms with Crippen molar-refractivity contribution in [3.63, 3.8) is 0 Å². The highest BCUT2D eigenvalue weighted by Gasteiger charge is 2.47. The van der Waals surface area contributed by atoms with Gasteiger partial charge in [0.15, 0.2) is 0 Å². The fraction of sp³-hybridized carbons (Fsp3) is 0.333. The molecule has 40 heavy (non-hydrogen) atoms. The van der Waals surface area contributed by atoms with Crippen molar-refractivity contribution in [3.8, 4) is 17.2 Å². The third-order valence-corrected chi connectivity index (χ3v) is 6.62. The van der Waals surface area contributed by atoms with E-state index in [9.17, 15) is 14.7 Å². The Morgan fingerprint density at radius 3 is 2.20 bits per heavy atom. The number of aliphatic hydroxyl groups is 1. The lowest BCUT2D eigenvalue weighted by Crippen LogP contribution is -2.29. The molecule has 1 unspecified atom stereocenters. The van der Waals surface area contributed by atoms with E-state index in [1.54, 1.807) is 36.4 Å². The molecule has 1 aliphatic heterocycles. The third kappa shape index (κ3) is 5.83. The molecule has 1 atom stereocenters. The molecule has 0 aliphatic carbocycles. The zero-order valence-electron chi connectivity index (χ0n) is 23.9. The number of benzene rings is 3. The van der Waals surface area contributed by atoms with E-state index < -0.39 is 17.7 Å². The summed E-state index contributed by atoms with van der Waals surface area (Å²) in [4.78, 5) is 28.6. The van der Waals surface area contributed by atoms with Gasteiger partial charge in [0.05, 0.1) is 30.9 Å². The first-order valence-electron chi connectivity index (χ1n) is 13.7. The van der Waals surface area contributed by atoms with Crippen LogP contribution < -0.4 is 19.1 Å². The van der Waals surface area contributed by atoms with Crippen LogP contribution in [0.5, 0.6) is 17.2 Å². The molecule has 0 spiro atoms. The van der Waals surface area contributed by atoms with Crippen LogP contribution in [0, 0.1) is 0 Å². The van der Waals surface area contributed by atoms with Gasteiger partial charge in [-0.1, -0.05) is 26.0 Å². The molecule has 210 valence electrons. The van der Waals surface area contributed by atoms with Crippen molar-refractivity contribution in [3.05, 3.63) is 89.0 Å². The second-order valence-electron chi connectivity index (χ2n) is 10.2. The first-order chi connectivity index (χ1) is 19.2. The molecular formula is C33H37NO6. The van der Waals surface area contributed by atoms with E-state index in [4.69, 9.17) is 14.2 Å². The van der Waals surface area contributed by atoms with Gasteiger partial charge in [-0.05, 0) is 99.3 Å². The Kier molecular flexibility index (Phi) is 8.83. The van der Waals surface area contributed by atoms with Crippen LogP contribution in [-0.4, -0.2) is 36.1 Å². The quantitative estimate of drug-likeness (QED) is 0.168. The molecule has 1 saturated heterocycles. The summed E-state index contributed by atoms with van der Waals surface area (Å²) < 4.78 is 17.3. The Labute approximate surface area is 236 Å². The predicted octanol–water partition coefficient (Wildman–Crippen LogP) is 7.02. The summed E-state index contributed by atoms with van der Waals surface area (Å²) >= 11 is 0. The van der Waals surface area contributed by atoms with E-state index in [1.807, 2.05) is 71.9 Å². The molecule has 3 aromatic carbocycles. The highest BCUT2D eigenvalue weighted by atomic mass is 16.5. The van der Waals surface area contributed by atoms with Crippen LogP contribution in [0.1, 0.15) is 70.2 Å². The zero-order valence-corrected chi connectivity index (χ0v) is 23.9. The topological polar surface area (TPSA) is 85.3 Å². The van der Waals surface area contributed by atoms with Gasteiger partial charge in [0.25, 0.3) is 11.7 Å². The van der Waals surface area contributed by atoms with Crippen molar-refractivity contribution >= 4 is 23.1 Å². The van der Waals surface area contributed by atoms with Gasteiger partial charge in [0.2, 0.25) is 0 Å². The number of hydrogen-bond acceptors (Lipinski definition) is 6. The monoisotopic (exact) mass is 543 g/mol. The first-order valence-corrected chi connectivity index (χ1v) is 13.7. The maximum Gasteiger partial charge on any atom is 0.300 e. The molecule has 1 amide bonds. The fourth-order valence-corrected chi connectivity index (χ4v) is 4.90. The summed E-state index contributed by atoms with van der Waals surface area (Å²) in [6.07, 6.45) is -0.0639. The van der Waals surface area contributed by atoms with Crippen LogP contribution in [-0.2, 0) is 9.59 Å². The van der Waals surface area contributed by atoms with E-state index >= 15 is 0 Å². The number of carbonyl (C=O) groups is 2. The molecule has 7 nitrogen and oxygen atoms in total. The molecule has 1 heterocycles. The number of ether oxygens (including phenoxy) is 3. The van der Waals surface area contributed by atoms with Crippen LogP contribution in [0.15, 0.2) is 72.3 Å². The van der Waals surface area contributed by atoms with Gasteiger partial charge >= 0.3 is 0 Å². The number of hydrogen-bond donors (Lipinski definition) is 1. The molecule has 1 aliphatic rings. The van der Waals surface area contributed by atoms with E-state index in [1.165, 1.54) is 4.90 Å². The van der Waals surface area contributed by atoms with E-state index in [-0.39, 0.29) is 23.4 Å². The van der Waals surface area contributed by atoms with E-state index in [2.05, 4.69) is 0 Å². The lowest BCUT2D eigenvalue weighted by atomic mass is 9.93. The maximum atomic E-state index is 13.6. The van der Waals surface area contributed by atoms with Gasteiger partial charge < -0.3 is 19.3 Å². The minimum atomic E-state index is -0.872. The van der Waals surface area contributed by atoms with Gasteiger partial charge in [-0.3, -0.25) is 14.5 Å². The molecule has 1 fully saturated rings. The first kappa shape index (κ1) is 28.7. The van der Waals surface area contributed by atoms with Gasteiger partial charge in [-0.2, -0.15) is 0 Å². The molecule has 4 rings (SSSR count). The largest absolute Gasteiger partial charge is 0.507 e. The number of amides is 1.